The summed E-state index contributed by atoms with van der Waals surface area (Å²) in [7, 11) is 1.64. The summed E-state index contributed by atoms with van der Waals surface area (Å²) in [5, 5.41) is 0. The van der Waals surface area contributed by atoms with Crippen molar-refractivity contribution in [2.45, 2.75) is 40.2 Å². The van der Waals surface area contributed by atoms with Gasteiger partial charge >= 0.3 is 0 Å². The number of rotatable bonds is 8. The van der Waals surface area contributed by atoms with E-state index in [1.54, 1.807) is 7.05 Å². The summed E-state index contributed by atoms with van der Waals surface area (Å²) in [5.41, 5.74) is 0.975. The second kappa shape index (κ2) is 9.71. The zero-order chi connectivity index (χ0) is 20.8. The van der Waals surface area contributed by atoms with Gasteiger partial charge in [0.05, 0.1) is 6.54 Å². The first-order valence-corrected chi connectivity index (χ1v) is 10.0. The van der Waals surface area contributed by atoms with Crippen molar-refractivity contribution in [1.82, 2.24) is 14.7 Å². The number of hydrogen-bond acceptors (Lipinski definition) is 3. The fraction of sp³-hybridized carbons (Fsp3) is 0.591. The van der Waals surface area contributed by atoms with E-state index >= 15 is 0 Å². The molecule has 0 bridgehead atoms. The van der Waals surface area contributed by atoms with Crippen LogP contribution in [-0.4, -0.2) is 71.7 Å². The van der Waals surface area contributed by atoms with Gasteiger partial charge in [-0.2, -0.15) is 0 Å². The lowest BCUT2D eigenvalue weighted by Gasteiger charge is -2.39. The molecule has 28 heavy (non-hydrogen) atoms. The monoisotopic (exact) mass is 387 g/mol. The second-order valence-electron chi connectivity index (χ2n) is 8.51. The van der Waals surface area contributed by atoms with Crippen molar-refractivity contribution in [3.05, 3.63) is 35.9 Å². The van der Waals surface area contributed by atoms with Gasteiger partial charge in [-0.3, -0.25) is 14.4 Å². The summed E-state index contributed by atoms with van der Waals surface area (Å²) in [6.45, 7) is 9.56. The highest BCUT2D eigenvalue weighted by Crippen LogP contribution is 2.17. The van der Waals surface area contributed by atoms with E-state index in [1.807, 2.05) is 35.2 Å². The van der Waals surface area contributed by atoms with Crippen molar-refractivity contribution in [1.29, 1.82) is 0 Å². The molecule has 1 saturated heterocycles. The molecular weight excluding hydrogens is 354 g/mol. The number of nitrogens with zero attached hydrogens (tertiary/aromatic N) is 3. The molecule has 6 nitrogen and oxygen atoms in total. The Morgan fingerprint density at radius 1 is 1.07 bits per heavy atom. The van der Waals surface area contributed by atoms with Crippen LogP contribution in [-0.2, 0) is 20.8 Å². The first-order chi connectivity index (χ1) is 13.2. The molecule has 2 rings (SSSR count). The molecule has 0 aromatic heterocycles. The van der Waals surface area contributed by atoms with Gasteiger partial charge in [-0.15, -0.1) is 0 Å². The smallest absolute Gasteiger partial charge is 0.245 e. The van der Waals surface area contributed by atoms with Crippen LogP contribution in [0.25, 0.3) is 0 Å². The summed E-state index contributed by atoms with van der Waals surface area (Å²) in [4.78, 5) is 43.3. The fourth-order valence-electron chi connectivity index (χ4n) is 3.57. The lowest BCUT2D eigenvalue weighted by molar-refractivity contribution is -0.157. The molecule has 1 aliphatic rings. The normalized spacial score (nSPS) is 17.6. The quantitative estimate of drug-likeness (QED) is 0.686. The molecule has 0 spiro atoms. The topological polar surface area (TPSA) is 60.9 Å². The Morgan fingerprint density at radius 3 is 2.18 bits per heavy atom. The second-order valence-corrected chi connectivity index (χ2v) is 8.51. The third-order valence-corrected chi connectivity index (χ3v) is 4.83. The molecule has 1 fully saturated rings. The molecule has 1 aliphatic heterocycles. The standard InChI is InChI=1S/C22H33N3O3/c1-16(2)12-24(13-17(3)4)20(26)15-25-19(11-18-9-7-6-8-10-18)22(28)23(5)14-21(25)27/h6-10,16-17,19H,11-15H2,1-5H3/t19-/m1/s1. The number of carbonyl (C=O) groups excluding carboxylic acids is 3. The minimum absolute atomic E-state index is 0.0196. The van der Waals surface area contributed by atoms with Crippen molar-refractivity contribution in [2.75, 3.05) is 33.2 Å². The average Bonchev–Trinajstić information content (AvgIpc) is 2.62. The first-order valence-electron chi connectivity index (χ1n) is 10.0. The first kappa shape index (κ1) is 21.9. The van der Waals surface area contributed by atoms with Gasteiger partial charge in [-0.1, -0.05) is 58.0 Å². The van der Waals surface area contributed by atoms with Crippen LogP contribution in [0.1, 0.15) is 33.3 Å². The van der Waals surface area contributed by atoms with Crippen molar-refractivity contribution in [3.8, 4) is 0 Å². The summed E-state index contributed by atoms with van der Waals surface area (Å²) < 4.78 is 0. The minimum atomic E-state index is -0.641. The maximum absolute atomic E-state index is 13.0. The Hall–Kier alpha value is -2.37. The molecule has 154 valence electrons. The largest absolute Gasteiger partial charge is 0.341 e. The van der Waals surface area contributed by atoms with Crippen LogP contribution in [0.2, 0.25) is 0 Å². The van der Waals surface area contributed by atoms with Gasteiger partial charge < -0.3 is 14.7 Å². The molecule has 3 amide bonds. The van der Waals surface area contributed by atoms with E-state index in [9.17, 15) is 14.4 Å². The van der Waals surface area contributed by atoms with E-state index in [1.165, 1.54) is 9.80 Å². The van der Waals surface area contributed by atoms with Gasteiger partial charge in [0, 0.05) is 26.6 Å². The highest BCUT2D eigenvalue weighted by atomic mass is 16.2. The third kappa shape index (κ3) is 5.81. The van der Waals surface area contributed by atoms with Gasteiger partial charge in [0.1, 0.15) is 12.6 Å². The summed E-state index contributed by atoms with van der Waals surface area (Å²) >= 11 is 0. The fourth-order valence-corrected chi connectivity index (χ4v) is 3.57. The summed E-state index contributed by atoms with van der Waals surface area (Å²) in [6.07, 6.45) is 0.414. The molecule has 1 aromatic rings. The zero-order valence-corrected chi connectivity index (χ0v) is 17.7. The maximum atomic E-state index is 13.0. The molecular formula is C22H33N3O3. The Balaban J connectivity index is 2.21. The van der Waals surface area contributed by atoms with Crippen molar-refractivity contribution >= 4 is 17.7 Å². The number of amides is 3. The van der Waals surface area contributed by atoms with Crippen LogP contribution >= 0.6 is 0 Å². The molecule has 0 aliphatic carbocycles. The van der Waals surface area contributed by atoms with E-state index < -0.39 is 6.04 Å². The molecule has 0 N–H and O–H groups in total. The van der Waals surface area contributed by atoms with E-state index in [4.69, 9.17) is 0 Å². The average molecular weight is 388 g/mol. The number of likely N-dealkylation sites (N-methyl/N-ethyl adjacent to an activating group) is 1. The predicted octanol–water partition coefficient (Wildman–Crippen LogP) is 2.04. The lowest BCUT2D eigenvalue weighted by atomic mass is 10.0. The van der Waals surface area contributed by atoms with E-state index in [0.29, 0.717) is 31.3 Å². The number of carbonyl (C=O) groups is 3. The van der Waals surface area contributed by atoms with Crippen LogP contribution in [0.5, 0.6) is 0 Å². The maximum Gasteiger partial charge on any atom is 0.245 e. The highest BCUT2D eigenvalue weighted by Gasteiger charge is 2.39. The van der Waals surface area contributed by atoms with Gasteiger partial charge in [0.2, 0.25) is 17.7 Å². The highest BCUT2D eigenvalue weighted by molar-refractivity contribution is 5.97. The molecule has 0 radical (unpaired) electrons. The van der Waals surface area contributed by atoms with Crippen LogP contribution in [0.4, 0.5) is 0 Å². The molecule has 0 unspecified atom stereocenters. The molecule has 1 heterocycles. The number of benzene rings is 1. The molecule has 1 aromatic carbocycles. The summed E-state index contributed by atoms with van der Waals surface area (Å²) in [5.74, 6) is 0.299. The Morgan fingerprint density at radius 2 is 1.64 bits per heavy atom. The van der Waals surface area contributed by atoms with E-state index in [0.717, 1.165) is 5.56 Å². The number of piperazine rings is 1. The van der Waals surface area contributed by atoms with Crippen LogP contribution < -0.4 is 0 Å². The van der Waals surface area contributed by atoms with E-state index in [-0.39, 0.29) is 30.8 Å². The SMILES string of the molecule is CC(C)CN(CC(C)C)C(=O)CN1C(=O)CN(C)C(=O)[C@H]1Cc1ccccc1. The minimum Gasteiger partial charge on any atom is -0.341 e. The van der Waals surface area contributed by atoms with Crippen LogP contribution in [0.3, 0.4) is 0 Å². The van der Waals surface area contributed by atoms with Gasteiger partial charge in [-0.25, -0.2) is 0 Å². The van der Waals surface area contributed by atoms with E-state index in [2.05, 4.69) is 27.7 Å². The van der Waals surface area contributed by atoms with Crippen LogP contribution in [0, 0.1) is 11.8 Å². The lowest BCUT2D eigenvalue weighted by Crippen LogP contribution is -2.61. The van der Waals surface area contributed by atoms with Crippen molar-refractivity contribution < 1.29 is 14.4 Å². The van der Waals surface area contributed by atoms with Crippen molar-refractivity contribution in [3.63, 3.8) is 0 Å². The van der Waals surface area contributed by atoms with Gasteiger partial charge in [0.25, 0.3) is 0 Å². The van der Waals surface area contributed by atoms with Gasteiger partial charge in [0.15, 0.2) is 0 Å². The molecule has 1 atom stereocenters. The Bertz CT molecular complexity index is 678. The third-order valence-electron chi connectivity index (χ3n) is 4.83. The Labute approximate surface area is 168 Å². The number of hydrogen-bond donors (Lipinski definition) is 0. The predicted molar refractivity (Wildman–Crippen MR) is 110 cm³/mol. The molecule has 0 saturated carbocycles. The van der Waals surface area contributed by atoms with Gasteiger partial charge in [-0.05, 0) is 17.4 Å². The Kier molecular flexibility index (Phi) is 7.61. The molecule has 6 heteroatoms. The van der Waals surface area contributed by atoms with Crippen LogP contribution in [0.15, 0.2) is 30.3 Å². The zero-order valence-electron chi connectivity index (χ0n) is 17.7. The summed E-state index contributed by atoms with van der Waals surface area (Å²) in [6, 6.07) is 8.98. The van der Waals surface area contributed by atoms with Crippen molar-refractivity contribution in [2.24, 2.45) is 11.8 Å².